The van der Waals surface area contributed by atoms with Gasteiger partial charge in [-0.05, 0) is 39.0 Å². The molecule has 0 radical (unpaired) electrons. The number of hydrogen-bond acceptors (Lipinski definition) is 3. The first-order valence-electron chi connectivity index (χ1n) is 5.90. The Morgan fingerprint density at radius 1 is 1.47 bits per heavy atom. The van der Waals surface area contributed by atoms with Crippen molar-refractivity contribution in [2.45, 2.75) is 52.2 Å². The number of ether oxygens (including phenoxy) is 1. The van der Waals surface area contributed by atoms with Crippen LogP contribution >= 0.6 is 0 Å². The van der Waals surface area contributed by atoms with Crippen molar-refractivity contribution in [3.8, 4) is 0 Å². The minimum atomic E-state index is -0.898. The molecule has 0 spiro atoms. The Morgan fingerprint density at radius 2 is 2.00 bits per heavy atom. The number of nitrogens with one attached hydrogen (secondary N) is 1. The number of hydrogen-bond donors (Lipinski definition) is 2. The average molecular weight is 243 g/mol. The third-order valence-corrected chi connectivity index (χ3v) is 2.79. The third-order valence-electron chi connectivity index (χ3n) is 2.79. The molecule has 0 aromatic rings. The summed E-state index contributed by atoms with van der Waals surface area (Å²) in [6.45, 7) is 7.38. The number of alkyl carbamates (subject to hydrolysis) is 1. The predicted molar refractivity (Wildman–Crippen MR) is 62.7 cm³/mol. The Bertz CT molecular complexity index is 308. The van der Waals surface area contributed by atoms with Crippen LogP contribution in [0.1, 0.15) is 40.5 Å². The molecule has 2 unspecified atom stereocenters. The van der Waals surface area contributed by atoms with Gasteiger partial charge < -0.3 is 15.2 Å². The second-order valence-corrected chi connectivity index (χ2v) is 5.73. The van der Waals surface area contributed by atoms with Gasteiger partial charge in [0.15, 0.2) is 0 Å². The van der Waals surface area contributed by atoms with Crippen molar-refractivity contribution in [1.29, 1.82) is 0 Å². The van der Waals surface area contributed by atoms with E-state index in [-0.39, 0.29) is 18.4 Å². The first-order chi connectivity index (χ1) is 7.69. The van der Waals surface area contributed by atoms with Gasteiger partial charge in [0.25, 0.3) is 0 Å². The molecule has 0 bridgehead atoms. The Hall–Kier alpha value is -1.26. The molecule has 5 heteroatoms. The van der Waals surface area contributed by atoms with E-state index in [1.807, 2.05) is 0 Å². The van der Waals surface area contributed by atoms with Crippen LogP contribution in [0.5, 0.6) is 0 Å². The van der Waals surface area contributed by atoms with E-state index < -0.39 is 17.7 Å². The second kappa shape index (κ2) is 4.94. The van der Waals surface area contributed by atoms with Crippen molar-refractivity contribution in [3.05, 3.63) is 0 Å². The van der Waals surface area contributed by atoms with Gasteiger partial charge in [-0.1, -0.05) is 6.92 Å². The first kappa shape index (κ1) is 13.8. The van der Waals surface area contributed by atoms with Crippen LogP contribution in [0.4, 0.5) is 4.79 Å². The zero-order chi connectivity index (χ0) is 13.2. The lowest BCUT2D eigenvalue weighted by molar-refractivity contribution is -0.137. The van der Waals surface area contributed by atoms with Crippen molar-refractivity contribution >= 4 is 12.1 Å². The summed E-state index contributed by atoms with van der Waals surface area (Å²) < 4.78 is 5.12. The van der Waals surface area contributed by atoms with E-state index in [2.05, 4.69) is 12.2 Å². The van der Waals surface area contributed by atoms with Crippen molar-refractivity contribution in [2.24, 2.45) is 11.8 Å². The number of carboxylic acid groups (broad SMARTS) is 1. The summed E-state index contributed by atoms with van der Waals surface area (Å²) in [5, 5.41) is 11.5. The standard InChI is InChI=1S/C12H21NO4/c1-7-5-8(7)9(6-10(14)15)13-11(16)17-12(2,3)4/h7-9H,5-6H2,1-4H3,(H,13,16)(H,14,15)/t7?,8?,9-/m1/s1. The summed E-state index contributed by atoms with van der Waals surface area (Å²) in [5.74, 6) is -0.155. The molecule has 0 aliphatic heterocycles. The molecular formula is C12H21NO4. The third kappa shape index (κ3) is 5.06. The molecule has 5 nitrogen and oxygen atoms in total. The lowest BCUT2D eigenvalue weighted by atomic mass is 10.1. The van der Waals surface area contributed by atoms with Gasteiger partial charge in [-0.15, -0.1) is 0 Å². The Balaban J connectivity index is 2.49. The molecule has 0 heterocycles. The Kier molecular flexibility index (Phi) is 4.01. The molecule has 17 heavy (non-hydrogen) atoms. The van der Waals surface area contributed by atoms with Gasteiger partial charge in [-0.3, -0.25) is 4.79 Å². The smallest absolute Gasteiger partial charge is 0.407 e. The lowest BCUT2D eigenvalue weighted by Gasteiger charge is -2.23. The maximum Gasteiger partial charge on any atom is 0.407 e. The van der Waals surface area contributed by atoms with E-state index in [1.165, 1.54) is 0 Å². The number of amides is 1. The van der Waals surface area contributed by atoms with E-state index >= 15 is 0 Å². The maximum absolute atomic E-state index is 11.6. The molecule has 1 amide bonds. The van der Waals surface area contributed by atoms with Crippen molar-refractivity contribution < 1.29 is 19.4 Å². The normalized spacial score (nSPS) is 24.9. The van der Waals surface area contributed by atoms with Gasteiger partial charge in [0.2, 0.25) is 0 Å². The van der Waals surface area contributed by atoms with Crippen molar-refractivity contribution in [3.63, 3.8) is 0 Å². The Morgan fingerprint density at radius 3 is 2.35 bits per heavy atom. The SMILES string of the molecule is CC1CC1[C@@H](CC(=O)O)NC(=O)OC(C)(C)C. The van der Waals surface area contributed by atoms with E-state index in [1.54, 1.807) is 20.8 Å². The lowest BCUT2D eigenvalue weighted by Crippen LogP contribution is -2.41. The van der Waals surface area contributed by atoms with Crippen LogP contribution < -0.4 is 5.32 Å². The molecule has 3 atom stereocenters. The molecule has 1 rings (SSSR count). The largest absolute Gasteiger partial charge is 0.481 e. The second-order valence-electron chi connectivity index (χ2n) is 5.73. The van der Waals surface area contributed by atoms with Gasteiger partial charge in [0, 0.05) is 6.04 Å². The van der Waals surface area contributed by atoms with Gasteiger partial charge in [-0.25, -0.2) is 4.79 Å². The van der Waals surface area contributed by atoms with Gasteiger partial charge in [0.1, 0.15) is 5.60 Å². The number of carbonyl (C=O) groups excluding carboxylic acids is 1. The van der Waals surface area contributed by atoms with Gasteiger partial charge >= 0.3 is 12.1 Å². The molecule has 1 fully saturated rings. The molecule has 0 aromatic heterocycles. The molecule has 0 aromatic carbocycles. The number of carboxylic acids is 1. The van der Waals surface area contributed by atoms with Crippen LogP contribution in [-0.2, 0) is 9.53 Å². The number of aliphatic carboxylic acids is 1. The summed E-state index contributed by atoms with van der Waals surface area (Å²) in [6, 6.07) is -0.322. The highest BCUT2D eigenvalue weighted by Gasteiger charge is 2.41. The monoisotopic (exact) mass is 243 g/mol. The maximum atomic E-state index is 11.6. The molecule has 98 valence electrons. The minimum Gasteiger partial charge on any atom is -0.481 e. The molecule has 1 aliphatic carbocycles. The fraction of sp³-hybridized carbons (Fsp3) is 0.833. The molecule has 1 saturated carbocycles. The minimum absolute atomic E-state index is 0.0474. The highest BCUT2D eigenvalue weighted by atomic mass is 16.6. The van der Waals surface area contributed by atoms with E-state index in [9.17, 15) is 9.59 Å². The summed E-state index contributed by atoms with van der Waals surface area (Å²) in [5.41, 5.74) is -0.562. The zero-order valence-corrected chi connectivity index (χ0v) is 10.8. The van der Waals surface area contributed by atoms with Gasteiger partial charge in [0.05, 0.1) is 6.42 Å². The molecule has 1 aliphatic rings. The van der Waals surface area contributed by atoms with Crippen LogP contribution in [0.2, 0.25) is 0 Å². The van der Waals surface area contributed by atoms with Crippen LogP contribution in [-0.4, -0.2) is 28.8 Å². The molecule has 0 saturated heterocycles. The van der Waals surface area contributed by atoms with Crippen molar-refractivity contribution in [1.82, 2.24) is 5.32 Å². The van der Waals surface area contributed by atoms with E-state index in [0.717, 1.165) is 6.42 Å². The number of carbonyl (C=O) groups is 2. The fourth-order valence-corrected chi connectivity index (χ4v) is 1.87. The summed E-state index contributed by atoms with van der Waals surface area (Å²) in [6.07, 6.45) is 0.380. The first-order valence-corrected chi connectivity index (χ1v) is 5.90. The van der Waals surface area contributed by atoms with Crippen LogP contribution in [0.3, 0.4) is 0 Å². The van der Waals surface area contributed by atoms with E-state index in [4.69, 9.17) is 9.84 Å². The number of rotatable bonds is 4. The van der Waals surface area contributed by atoms with Crippen LogP contribution in [0.25, 0.3) is 0 Å². The van der Waals surface area contributed by atoms with Crippen LogP contribution in [0, 0.1) is 11.8 Å². The summed E-state index contributed by atoms with van der Waals surface area (Å²) in [4.78, 5) is 22.3. The average Bonchev–Trinajstić information content (AvgIpc) is 2.76. The Labute approximate surface area is 102 Å². The predicted octanol–water partition coefficient (Wildman–Crippen LogP) is 2.01. The summed E-state index contributed by atoms with van der Waals surface area (Å²) >= 11 is 0. The summed E-state index contributed by atoms with van der Waals surface area (Å²) in [7, 11) is 0. The van der Waals surface area contributed by atoms with E-state index in [0.29, 0.717) is 5.92 Å². The molecular weight excluding hydrogens is 222 g/mol. The van der Waals surface area contributed by atoms with Crippen LogP contribution in [0.15, 0.2) is 0 Å². The quantitative estimate of drug-likeness (QED) is 0.792. The topological polar surface area (TPSA) is 75.6 Å². The van der Waals surface area contributed by atoms with Gasteiger partial charge in [-0.2, -0.15) is 0 Å². The van der Waals surface area contributed by atoms with Crippen molar-refractivity contribution in [2.75, 3.05) is 0 Å². The fourth-order valence-electron chi connectivity index (χ4n) is 1.87. The highest BCUT2D eigenvalue weighted by Crippen LogP contribution is 2.41. The molecule has 2 N–H and O–H groups in total. The highest BCUT2D eigenvalue weighted by molar-refractivity contribution is 5.71. The zero-order valence-electron chi connectivity index (χ0n) is 10.8.